The first kappa shape index (κ1) is 14.3. The summed E-state index contributed by atoms with van der Waals surface area (Å²) in [5.74, 6) is 0.378. The van der Waals surface area contributed by atoms with Gasteiger partial charge in [-0.2, -0.15) is 0 Å². The van der Waals surface area contributed by atoms with E-state index in [0.29, 0.717) is 18.3 Å². The summed E-state index contributed by atoms with van der Waals surface area (Å²) >= 11 is 0. The standard InChI is InChI=1S/C17H23N3O/c1-19-8-9-20(14(10-18)11-19)12-16-15-5-3-2-4-13(15)6-7-17(16)21/h2-7,14,21H,8-12,18H2,1H3. The first-order chi connectivity index (χ1) is 10.2. The zero-order valence-electron chi connectivity index (χ0n) is 12.5. The predicted octanol–water partition coefficient (Wildman–Crippen LogP) is 1.62. The van der Waals surface area contributed by atoms with E-state index in [1.54, 1.807) is 6.07 Å². The van der Waals surface area contributed by atoms with Crippen LogP contribution in [0.4, 0.5) is 0 Å². The molecule has 1 unspecified atom stereocenters. The van der Waals surface area contributed by atoms with E-state index in [1.165, 1.54) is 5.39 Å². The molecule has 0 amide bonds. The van der Waals surface area contributed by atoms with E-state index in [1.807, 2.05) is 18.2 Å². The van der Waals surface area contributed by atoms with Crippen LogP contribution in [0, 0.1) is 0 Å². The van der Waals surface area contributed by atoms with Gasteiger partial charge < -0.3 is 15.7 Å². The van der Waals surface area contributed by atoms with Gasteiger partial charge in [0.25, 0.3) is 0 Å². The van der Waals surface area contributed by atoms with Crippen molar-refractivity contribution in [2.75, 3.05) is 33.2 Å². The van der Waals surface area contributed by atoms with E-state index in [-0.39, 0.29) is 0 Å². The van der Waals surface area contributed by atoms with Crippen LogP contribution in [0.3, 0.4) is 0 Å². The minimum Gasteiger partial charge on any atom is -0.508 e. The van der Waals surface area contributed by atoms with Crippen LogP contribution in [-0.4, -0.2) is 54.2 Å². The summed E-state index contributed by atoms with van der Waals surface area (Å²) < 4.78 is 0. The lowest BCUT2D eigenvalue weighted by Gasteiger charge is -2.39. The number of phenolic OH excluding ortho intramolecular Hbond substituents is 1. The minimum absolute atomic E-state index is 0.349. The summed E-state index contributed by atoms with van der Waals surface area (Å²) in [6, 6.07) is 12.3. The Morgan fingerprint density at radius 1 is 1.19 bits per heavy atom. The molecule has 1 aliphatic rings. The Hall–Kier alpha value is -1.62. The van der Waals surface area contributed by atoms with Crippen LogP contribution < -0.4 is 5.73 Å². The zero-order valence-corrected chi connectivity index (χ0v) is 12.5. The van der Waals surface area contributed by atoms with Crippen LogP contribution in [0.1, 0.15) is 5.56 Å². The van der Waals surface area contributed by atoms with Gasteiger partial charge in [0, 0.05) is 44.3 Å². The van der Waals surface area contributed by atoms with Crippen molar-refractivity contribution in [3.8, 4) is 5.75 Å². The number of piperazine rings is 1. The Labute approximate surface area is 125 Å². The number of hydrogen-bond acceptors (Lipinski definition) is 4. The van der Waals surface area contributed by atoms with E-state index < -0.39 is 0 Å². The molecule has 4 heteroatoms. The lowest BCUT2D eigenvalue weighted by molar-refractivity contribution is 0.0878. The summed E-state index contributed by atoms with van der Waals surface area (Å²) in [4.78, 5) is 4.71. The highest BCUT2D eigenvalue weighted by Crippen LogP contribution is 2.29. The second kappa shape index (κ2) is 6.02. The van der Waals surface area contributed by atoms with Gasteiger partial charge in [-0.3, -0.25) is 4.90 Å². The highest BCUT2D eigenvalue weighted by atomic mass is 16.3. The molecule has 0 spiro atoms. The number of nitrogens with two attached hydrogens (primary N) is 1. The van der Waals surface area contributed by atoms with Gasteiger partial charge in [-0.15, -0.1) is 0 Å². The van der Waals surface area contributed by atoms with Gasteiger partial charge in [-0.25, -0.2) is 0 Å². The second-order valence-electron chi connectivity index (χ2n) is 5.91. The first-order valence-electron chi connectivity index (χ1n) is 7.51. The summed E-state index contributed by atoms with van der Waals surface area (Å²) in [5, 5.41) is 12.6. The molecule has 2 aromatic carbocycles. The Bertz CT molecular complexity index is 628. The number of hydrogen-bond donors (Lipinski definition) is 2. The third-order valence-corrected chi connectivity index (χ3v) is 4.46. The molecule has 1 fully saturated rings. The Morgan fingerprint density at radius 3 is 2.81 bits per heavy atom. The van der Waals surface area contributed by atoms with E-state index in [4.69, 9.17) is 5.73 Å². The molecule has 21 heavy (non-hydrogen) atoms. The normalized spacial score (nSPS) is 21.0. The van der Waals surface area contributed by atoms with Crippen molar-refractivity contribution in [3.63, 3.8) is 0 Å². The summed E-state index contributed by atoms with van der Waals surface area (Å²) in [5.41, 5.74) is 6.94. The highest BCUT2D eigenvalue weighted by Gasteiger charge is 2.25. The molecule has 0 bridgehead atoms. The molecule has 0 radical (unpaired) electrons. The van der Waals surface area contributed by atoms with Gasteiger partial charge >= 0.3 is 0 Å². The highest BCUT2D eigenvalue weighted by molar-refractivity contribution is 5.87. The number of phenols is 1. The minimum atomic E-state index is 0.349. The number of likely N-dealkylation sites (N-methyl/N-ethyl adjacent to an activating group) is 1. The number of fused-ring (bicyclic) bond motifs is 1. The largest absolute Gasteiger partial charge is 0.508 e. The van der Waals surface area contributed by atoms with Crippen LogP contribution in [0.25, 0.3) is 10.8 Å². The monoisotopic (exact) mass is 285 g/mol. The number of rotatable bonds is 3. The molecule has 0 aromatic heterocycles. The number of aromatic hydroxyl groups is 1. The Morgan fingerprint density at radius 2 is 2.00 bits per heavy atom. The molecule has 3 N–H and O–H groups in total. The third-order valence-electron chi connectivity index (χ3n) is 4.46. The average molecular weight is 285 g/mol. The van der Waals surface area contributed by atoms with E-state index in [2.05, 4.69) is 29.0 Å². The van der Waals surface area contributed by atoms with Crippen molar-refractivity contribution in [1.29, 1.82) is 0 Å². The van der Waals surface area contributed by atoms with E-state index in [9.17, 15) is 5.11 Å². The second-order valence-corrected chi connectivity index (χ2v) is 5.91. The fraction of sp³-hybridized carbons (Fsp3) is 0.412. The molecular weight excluding hydrogens is 262 g/mol. The number of nitrogens with zero attached hydrogens (tertiary/aromatic N) is 2. The van der Waals surface area contributed by atoms with Crippen LogP contribution in [0.2, 0.25) is 0 Å². The van der Waals surface area contributed by atoms with Crippen LogP contribution in [0.15, 0.2) is 36.4 Å². The van der Waals surface area contributed by atoms with Crippen molar-refractivity contribution in [1.82, 2.24) is 9.80 Å². The smallest absolute Gasteiger partial charge is 0.120 e. The molecule has 2 aromatic rings. The molecular formula is C17H23N3O. The van der Waals surface area contributed by atoms with Crippen molar-refractivity contribution in [2.45, 2.75) is 12.6 Å². The summed E-state index contributed by atoms with van der Waals surface area (Å²) in [6.45, 7) is 4.42. The van der Waals surface area contributed by atoms with Crippen LogP contribution in [0.5, 0.6) is 5.75 Å². The lowest BCUT2D eigenvalue weighted by Crippen LogP contribution is -2.54. The average Bonchev–Trinajstić information content (AvgIpc) is 2.51. The molecule has 1 aliphatic heterocycles. The fourth-order valence-electron chi connectivity index (χ4n) is 3.17. The molecule has 0 saturated carbocycles. The fourth-order valence-corrected chi connectivity index (χ4v) is 3.17. The SMILES string of the molecule is CN1CCN(Cc2c(O)ccc3ccccc23)C(CN)C1. The summed E-state index contributed by atoms with van der Waals surface area (Å²) in [6.07, 6.45) is 0. The van der Waals surface area contributed by atoms with Crippen molar-refractivity contribution in [2.24, 2.45) is 5.73 Å². The molecule has 4 nitrogen and oxygen atoms in total. The molecule has 1 heterocycles. The summed E-state index contributed by atoms with van der Waals surface area (Å²) in [7, 11) is 2.13. The maximum Gasteiger partial charge on any atom is 0.120 e. The lowest BCUT2D eigenvalue weighted by atomic mass is 10.0. The van der Waals surface area contributed by atoms with Gasteiger partial charge in [0.15, 0.2) is 0 Å². The number of benzene rings is 2. The van der Waals surface area contributed by atoms with Gasteiger partial charge in [0.1, 0.15) is 5.75 Å². The Kier molecular flexibility index (Phi) is 4.10. The van der Waals surface area contributed by atoms with Crippen molar-refractivity contribution >= 4 is 10.8 Å². The van der Waals surface area contributed by atoms with E-state index in [0.717, 1.165) is 37.1 Å². The first-order valence-corrected chi connectivity index (χ1v) is 7.51. The topological polar surface area (TPSA) is 52.7 Å². The molecule has 0 aliphatic carbocycles. The van der Waals surface area contributed by atoms with Crippen molar-refractivity contribution in [3.05, 3.63) is 42.0 Å². The van der Waals surface area contributed by atoms with Crippen molar-refractivity contribution < 1.29 is 5.11 Å². The predicted molar refractivity (Wildman–Crippen MR) is 86.4 cm³/mol. The molecule has 3 rings (SSSR count). The van der Waals surface area contributed by atoms with Crippen LogP contribution >= 0.6 is 0 Å². The molecule has 112 valence electrons. The van der Waals surface area contributed by atoms with E-state index >= 15 is 0 Å². The Balaban J connectivity index is 1.92. The van der Waals surface area contributed by atoms with Gasteiger partial charge in [0.05, 0.1) is 0 Å². The zero-order chi connectivity index (χ0) is 14.8. The molecule has 1 atom stereocenters. The quantitative estimate of drug-likeness (QED) is 0.900. The van der Waals surface area contributed by atoms with Gasteiger partial charge in [-0.05, 0) is 23.9 Å². The van der Waals surface area contributed by atoms with Gasteiger partial charge in [0.2, 0.25) is 0 Å². The third kappa shape index (κ3) is 2.88. The molecule has 1 saturated heterocycles. The van der Waals surface area contributed by atoms with Gasteiger partial charge in [-0.1, -0.05) is 30.3 Å². The van der Waals surface area contributed by atoms with Crippen LogP contribution in [-0.2, 0) is 6.54 Å². The maximum absolute atomic E-state index is 10.3. The maximum atomic E-state index is 10.3.